The Bertz CT molecular complexity index is 1180. The number of nitrogens with zero attached hydrogens (tertiary/aromatic N) is 5. The van der Waals surface area contributed by atoms with Gasteiger partial charge in [-0.05, 0) is 24.3 Å². The Morgan fingerprint density at radius 1 is 1.20 bits per heavy atom. The van der Waals surface area contributed by atoms with Crippen LogP contribution in [0.2, 0.25) is 5.02 Å². The van der Waals surface area contributed by atoms with Gasteiger partial charge in [-0.3, -0.25) is 9.79 Å². The number of benzene rings is 2. The number of carbonyl (C=O) groups excluding carboxylic acids is 1. The summed E-state index contributed by atoms with van der Waals surface area (Å²) >= 11 is 6.54. The largest absolute Gasteiger partial charge is 0.353 e. The molecule has 2 aliphatic rings. The standard InChI is InChI=1S/C22H19ClFN5O/c1-2-21(30)27-7-9-28(10-8-27)22-17-11-18(23)16(15-5-3-4-6-19(15)24)12-20(17)26-14-29(22)13-25/h2-6,11-12H,1,7-10,14H2. The lowest BCUT2D eigenvalue weighted by atomic mass is 10.0. The molecule has 30 heavy (non-hydrogen) atoms. The van der Waals surface area contributed by atoms with Crippen LogP contribution in [0.25, 0.3) is 16.9 Å². The van der Waals surface area contributed by atoms with Gasteiger partial charge in [-0.1, -0.05) is 36.4 Å². The number of fused-ring (bicyclic) bond motifs is 1. The van der Waals surface area contributed by atoms with E-state index in [4.69, 9.17) is 11.6 Å². The smallest absolute Gasteiger partial charge is 0.246 e. The Kier molecular flexibility index (Phi) is 5.42. The van der Waals surface area contributed by atoms with Crippen molar-refractivity contribution in [1.29, 1.82) is 5.26 Å². The van der Waals surface area contributed by atoms with Crippen molar-refractivity contribution in [2.75, 3.05) is 32.8 Å². The van der Waals surface area contributed by atoms with Crippen LogP contribution in [0, 0.1) is 17.3 Å². The first-order valence-corrected chi connectivity index (χ1v) is 9.88. The highest BCUT2D eigenvalue weighted by molar-refractivity contribution is 6.33. The summed E-state index contributed by atoms with van der Waals surface area (Å²) in [6, 6.07) is 9.95. The zero-order valence-electron chi connectivity index (χ0n) is 16.2. The van der Waals surface area contributed by atoms with Gasteiger partial charge in [0.15, 0.2) is 6.19 Å². The van der Waals surface area contributed by atoms with Gasteiger partial charge in [0.2, 0.25) is 5.91 Å². The average Bonchev–Trinajstić information content (AvgIpc) is 2.78. The van der Waals surface area contributed by atoms with Crippen LogP contribution in [0.3, 0.4) is 0 Å². The molecule has 2 aromatic rings. The van der Waals surface area contributed by atoms with Crippen LogP contribution in [-0.4, -0.2) is 53.5 Å². The molecule has 8 heteroatoms. The van der Waals surface area contributed by atoms with Crippen molar-refractivity contribution in [3.8, 4) is 17.3 Å². The van der Waals surface area contributed by atoms with Gasteiger partial charge in [-0.2, -0.15) is 5.26 Å². The summed E-state index contributed by atoms with van der Waals surface area (Å²) in [5, 5.41) is 11.4. The molecule has 0 bridgehead atoms. The number of carbonyl (C=O) groups is 1. The van der Waals surface area contributed by atoms with E-state index < -0.39 is 0 Å². The number of amides is 1. The Morgan fingerprint density at radius 3 is 2.60 bits per heavy atom. The molecule has 2 aromatic carbocycles. The number of rotatable bonds is 3. The quantitative estimate of drug-likeness (QED) is 0.559. The normalized spacial score (nSPS) is 15.9. The van der Waals surface area contributed by atoms with E-state index >= 15 is 0 Å². The van der Waals surface area contributed by atoms with E-state index in [1.165, 1.54) is 17.0 Å². The molecule has 0 aliphatic carbocycles. The van der Waals surface area contributed by atoms with E-state index in [-0.39, 0.29) is 18.4 Å². The highest BCUT2D eigenvalue weighted by Crippen LogP contribution is 2.28. The van der Waals surface area contributed by atoms with E-state index in [1.54, 1.807) is 35.2 Å². The van der Waals surface area contributed by atoms with Gasteiger partial charge in [-0.25, -0.2) is 9.29 Å². The highest BCUT2D eigenvalue weighted by Gasteiger charge is 2.26. The molecule has 0 unspecified atom stereocenters. The second kappa shape index (κ2) is 8.17. The summed E-state index contributed by atoms with van der Waals surface area (Å²) < 4.78 is 14.3. The number of nitriles is 1. The SMILES string of the molecule is C=CC(=O)N1CCN(C2=c3cc(Cl)c(-c4ccccc4F)cc3=NCN2C#N)CC1. The summed E-state index contributed by atoms with van der Waals surface area (Å²) in [7, 11) is 0. The maximum atomic E-state index is 14.3. The van der Waals surface area contributed by atoms with Crippen molar-refractivity contribution in [3.05, 3.63) is 70.5 Å². The lowest BCUT2D eigenvalue weighted by Gasteiger charge is -2.39. The van der Waals surface area contributed by atoms with Crippen molar-refractivity contribution < 1.29 is 9.18 Å². The minimum absolute atomic E-state index is 0.103. The van der Waals surface area contributed by atoms with Gasteiger partial charge in [-0.15, -0.1) is 0 Å². The zero-order valence-corrected chi connectivity index (χ0v) is 16.9. The van der Waals surface area contributed by atoms with Gasteiger partial charge in [0, 0.05) is 47.5 Å². The van der Waals surface area contributed by atoms with E-state index in [2.05, 4.69) is 22.7 Å². The number of hydrogen-bond donors (Lipinski definition) is 0. The van der Waals surface area contributed by atoms with E-state index in [9.17, 15) is 14.4 Å². The number of piperazine rings is 1. The monoisotopic (exact) mass is 423 g/mol. The fourth-order valence-corrected chi connectivity index (χ4v) is 4.07. The first-order chi connectivity index (χ1) is 14.5. The minimum Gasteiger partial charge on any atom is -0.353 e. The molecule has 1 fully saturated rings. The van der Waals surface area contributed by atoms with Crippen LogP contribution in [0.4, 0.5) is 4.39 Å². The average molecular weight is 424 g/mol. The summed E-state index contributed by atoms with van der Waals surface area (Å²) in [5.74, 6) is 0.240. The lowest BCUT2D eigenvalue weighted by molar-refractivity contribution is -0.127. The molecule has 0 atom stereocenters. The molecular weight excluding hydrogens is 405 g/mol. The fourth-order valence-electron chi connectivity index (χ4n) is 3.80. The third-order valence-corrected chi connectivity index (χ3v) is 5.63. The van der Waals surface area contributed by atoms with Gasteiger partial charge in [0.05, 0.1) is 5.36 Å². The predicted molar refractivity (Wildman–Crippen MR) is 112 cm³/mol. The minimum atomic E-state index is -0.360. The predicted octanol–water partition coefficient (Wildman–Crippen LogP) is 1.92. The maximum Gasteiger partial charge on any atom is 0.246 e. The summed E-state index contributed by atoms with van der Waals surface area (Å²) in [5.41, 5.74) is 0.963. The summed E-state index contributed by atoms with van der Waals surface area (Å²) in [4.78, 5) is 21.7. The topological polar surface area (TPSA) is 62.9 Å². The fraction of sp³-hybridized carbons (Fsp3) is 0.227. The lowest BCUT2D eigenvalue weighted by Crippen LogP contribution is -2.53. The Balaban J connectivity index is 1.80. The summed E-state index contributed by atoms with van der Waals surface area (Å²) in [6.45, 7) is 5.90. The molecule has 0 saturated carbocycles. The van der Waals surface area contributed by atoms with Crippen LogP contribution < -0.4 is 10.6 Å². The van der Waals surface area contributed by atoms with Gasteiger partial charge in [0.1, 0.15) is 18.3 Å². The van der Waals surface area contributed by atoms with Crippen LogP contribution in [-0.2, 0) is 4.79 Å². The molecule has 0 N–H and O–H groups in total. The van der Waals surface area contributed by atoms with E-state index in [0.717, 1.165) is 5.22 Å². The van der Waals surface area contributed by atoms with Gasteiger partial charge in [0.25, 0.3) is 0 Å². The molecule has 4 rings (SSSR count). The highest BCUT2D eigenvalue weighted by atomic mass is 35.5. The molecule has 1 amide bonds. The van der Waals surface area contributed by atoms with Gasteiger partial charge < -0.3 is 9.80 Å². The van der Waals surface area contributed by atoms with E-state index in [0.29, 0.717) is 53.5 Å². The molecule has 152 valence electrons. The molecular formula is C22H19ClFN5O. The van der Waals surface area contributed by atoms with E-state index in [1.807, 2.05) is 0 Å². The zero-order chi connectivity index (χ0) is 21.3. The second-order valence-electron chi connectivity index (χ2n) is 7.00. The van der Waals surface area contributed by atoms with Crippen molar-refractivity contribution in [2.24, 2.45) is 4.99 Å². The molecule has 1 saturated heterocycles. The van der Waals surface area contributed by atoms with Crippen LogP contribution in [0.15, 0.2) is 54.0 Å². The Hall–Kier alpha value is -3.37. The molecule has 2 aliphatic heterocycles. The van der Waals surface area contributed by atoms with Crippen LogP contribution in [0.1, 0.15) is 0 Å². The van der Waals surface area contributed by atoms with Crippen molar-refractivity contribution in [2.45, 2.75) is 0 Å². The summed E-state index contributed by atoms with van der Waals surface area (Å²) in [6.07, 6.45) is 3.48. The van der Waals surface area contributed by atoms with Crippen LogP contribution in [0.5, 0.6) is 0 Å². The Labute approximate surface area is 178 Å². The Morgan fingerprint density at radius 2 is 1.93 bits per heavy atom. The third kappa shape index (κ3) is 3.51. The maximum absolute atomic E-state index is 14.3. The molecule has 0 radical (unpaired) electrons. The van der Waals surface area contributed by atoms with Crippen molar-refractivity contribution >= 4 is 23.3 Å². The molecule has 6 nitrogen and oxygen atoms in total. The number of hydrogen-bond acceptors (Lipinski definition) is 5. The third-order valence-electron chi connectivity index (χ3n) is 5.31. The molecule has 2 heterocycles. The van der Waals surface area contributed by atoms with Crippen molar-refractivity contribution in [1.82, 2.24) is 14.7 Å². The first kappa shape index (κ1) is 19.9. The van der Waals surface area contributed by atoms with Crippen molar-refractivity contribution in [3.63, 3.8) is 0 Å². The second-order valence-corrected chi connectivity index (χ2v) is 7.40. The molecule has 0 spiro atoms. The van der Waals surface area contributed by atoms with Gasteiger partial charge >= 0.3 is 0 Å². The van der Waals surface area contributed by atoms with Crippen LogP contribution >= 0.6 is 11.6 Å². The molecule has 0 aromatic heterocycles. The first-order valence-electron chi connectivity index (χ1n) is 9.50. The number of halogens is 2.